The van der Waals surface area contributed by atoms with E-state index in [-0.39, 0.29) is 11.6 Å². The molecule has 0 aliphatic heterocycles. The van der Waals surface area contributed by atoms with E-state index < -0.39 is 0 Å². The van der Waals surface area contributed by atoms with E-state index in [4.69, 9.17) is 5.10 Å². The Kier molecular flexibility index (Phi) is 3.87. The third kappa shape index (κ3) is 3.11. The lowest BCUT2D eigenvalue weighted by molar-refractivity contribution is 0.181. The van der Waals surface area contributed by atoms with Crippen molar-refractivity contribution < 1.29 is 5.11 Å². The van der Waals surface area contributed by atoms with Crippen LogP contribution < -0.4 is 5.32 Å². The highest BCUT2D eigenvalue weighted by Crippen LogP contribution is 2.36. The standard InChI is InChI=1S/C16H23N5O/c1-16(2,3)21-15(19-14-10-17-6-7-18-14)9-13(20-21)11-4-5-12(22)8-11/h6-7,9-12,22H,4-5,8H2,1-3H3,(H,18,19)/t11-,12-/m0/s1. The van der Waals surface area contributed by atoms with E-state index in [2.05, 4.69) is 42.1 Å². The van der Waals surface area contributed by atoms with E-state index in [1.54, 1.807) is 18.6 Å². The third-order valence-corrected chi connectivity index (χ3v) is 4.01. The Morgan fingerprint density at radius 1 is 1.27 bits per heavy atom. The highest BCUT2D eigenvalue weighted by atomic mass is 16.3. The maximum atomic E-state index is 9.76. The lowest BCUT2D eigenvalue weighted by atomic mass is 10.0. The average Bonchev–Trinajstić information content (AvgIpc) is 3.06. The van der Waals surface area contributed by atoms with Gasteiger partial charge in [0.25, 0.3) is 0 Å². The summed E-state index contributed by atoms with van der Waals surface area (Å²) in [6.45, 7) is 6.36. The highest BCUT2D eigenvalue weighted by molar-refractivity contribution is 5.52. The van der Waals surface area contributed by atoms with Crippen LogP contribution in [0.4, 0.5) is 11.6 Å². The normalized spacial score (nSPS) is 22.0. The fourth-order valence-corrected chi connectivity index (χ4v) is 2.92. The molecule has 0 saturated heterocycles. The second kappa shape index (κ2) is 5.68. The Morgan fingerprint density at radius 3 is 2.68 bits per heavy atom. The quantitative estimate of drug-likeness (QED) is 0.911. The predicted molar refractivity (Wildman–Crippen MR) is 85.1 cm³/mol. The van der Waals surface area contributed by atoms with Gasteiger partial charge in [-0.15, -0.1) is 0 Å². The molecular weight excluding hydrogens is 278 g/mol. The molecule has 2 N–H and O–H groups in total. The van der Waals surface area contributed by atoms with Crippen LogP contribution in [0.3, 0.4) is 0 Å². The molecule has 2 aromatic heterocycles. The molecule has 0 unspecified atom stereocenters. The Labute approximate surface area is 130 Å². The van der Waals surface area contributed by atoms with Crippen LogP contribution in [0.5, 0.6) is 0 Å². The molecule has 1 aliphatic carbocycles. The first-order valence-electron chi connectivity index (χ1n) is 7.75. The molecule has 3 rings (SSSR count). The van der Waals surface area contributed by atoms with Crippen molar-refractivity contribution in [1.82, 2.24) is 19.7 Å². The zero-order valence-corrected chi connectivity index (χ0v) is 13.3. The van der Waals surface area contributed by atoms with Crippen molar-refractivity contribution in [2.24, 2.45) is 0 Å². The minimum Gasteiger partial charge on any atom is -0.393 e. The summed E-state index contributed by atoms with van der Waals surface area (Å²) in [5.41, 5.74) is 0.901. The molecule has 2 atom stereocenters. The third-order valence-electron chi connectivity index (χ3n) is 4.01. The maximum absolute atomic E-state index is 9.76. The SMILES string of the molecule is CC(C)(C)n1nc([C@H]2CC[C@H](O)C2)cc1Nc1cnccn1. The molecule has 1 fully saturated rings. The molecule has 6 heteroatoms. The van der Waals surface area contributed by atoms with Crippen molar-refractivity contribution >= 4 is 11.6 Å². The molecular formula is C16H23N5O. The van der Waals surface area contributed by atoms with E-state index in [0.717, 1.165) is 30.8 Å². The van der Waals surface area contributed by atoms with Crippen molar-refractivity contribution in [3.05, 3.63) is 30.4 Å². The van der Waals surface area contributed by atoms with Crippen LogP contribution in [0.15, 0.2) is 24.7 Å². The van der Waals surface area contributed by atoms with Crippen LogP contribution in [0.2, 0.25) is 0 Å². The summed E-state index contributed by atoms with van der Waals surface area (Å²) >= 11 is 0. The number of aliphatic hydroxyl groups excluding tert-OH is 1. The average molecular weight is 301 g/mol. The molecule has 0 amide bonds. The number of aliphatic hydroxyl groups is 1. The van der Waals surface area contributed by atoms with Gasteiger partial charge in [0.15, 0.2) is 0 Å². The van der Waals surface area contributed by atoms with Gasteiger partial charge in [0.1, 0.15) is 11.6 Å². The fraction of sp³-hybridized carbons (Fsp3) is 0.562. The predicted octanol–water partition coefficient (Wildman–Crippen LogP) is 2.80. The van der Waals surface area contributed by atoms with Crippen LogP contribution >= 0.6 is 0 Å². The van der Waals surface area contributed by atoms with Crippen molar-refractivity contribution in [2.75, 3.05) is 5.32 Å². The maximum Gasteiger partial charge on any atom is 0.150 e. The number of hydrogen-bond acceptors (Lipinski definition) is 5. The summed E-state index contributed by atoms with van der Waals surface area (Å²) in [6, 6.07) is 2.07. The van der Waals surface area contributed by atoms with Gasteiger partial charge in [-0.2, -0.15) is 5.10 Å². The Balaban J connectivity index is 1.92. The van der Waals surface area contributed by atoms with Gasteiger partial charge in [-0.1, -0.05) is 0 Å². The van der Waals surface area contributed by atoms with Crippen LogP contribution in [0, 0.1) is 0 Å². The van der Waals surface area contributed by atoms with Gasteiger partial charge in [0.2, 0.25) is 0 Å². The Bertz CT molecular complexity index is 632. The lowest BCUT2D eigenvalue weighted by Crippen LogP contribution is -2.25. The van der Waals surface area contributed by atoms with Crippen molar-refractivity contribution in [3.63, 3.8) is 0 Å². The second-order valence-electron chi connectivity index (χ2n) is 6.92. The van der Waals surface area contributed by atoms with Crippen molar-refractivity contribution in [2.45, 2.75) is 57.6 Å². The Hall–Kier alpha value is -1.95. The zero-order valence-electron chi connectivity index (χ0n) is 13.3. The molecule has 6 nitrogen and oxygen atoms in total. The molecule has 2 heterocycles. The first kappa shape index (κ1) is 15.0. The smallest absolute Gasteiger partial charge is 0.150 e. The Morgan fingerprint density at radius 2 is 2.09 bits per heavy atom. The van der Waals surface area contributed by atoms with Gasteiger partial charge in [-0.3, -0.25) is 4.98 Å². The molecule has 1 saturated carbocycles. The highest BCUT2D eigenvalue weighted by Gasteiger charge is 2.29. The summed E-state index contributed by atoms with van der Waals surface area (Å²) in [4.78, 5) is 8.34. The van der Waals surface area contributed by atoms with Gasteiger partial charge >= 0.3 is 0 Å². The number of nitrogens with zero attached hydrogens (tertiary/aromatic N) is 4. The monoisotopic (exact) mass is 301 g/mol. The number of anilines is 2. The zero-order chi connectivity index (χ0) is 15.7. The summed E-state index contributed by atoms with van der Waals surface area (Å²) in [5.74, 6) is 1.94. The van der Waals surface area contributed by atoms with E-state index >= 15 is 0 Å². The summed E-state index contributed by atoms with van der Waals surface area (Å²) in [5, 5.41) is 17.9. The van der Waals surface area contributed by atoms with Crippen molar-refractivity contribution in [3.8, 4) is 0 Å². The molecule has 118 valence electrons. The molecule has 0 bridgehead atoms. The van der Waals surface area contributed by atoms with E-state index in [1.165, 1.54) is 0 Å². The van der Waals surface area contributed by atoms with E-state index in [0.29, 0.717) is 11.7 Å². The van der Waals surface area contributed by atoms with Gasteiger partial charge in [-0.25, -0.2) is 9.67 Å². The van der Waals surface area contributed by atoms with E-state index in [9.17, 15) is 5.11 Å². The minimum absolute atomic E-state index is 0.139. The van der Waals surface area contributed by atoms with Gasteiger partial charge in [-0.05, 0) is 40.0 Å². The number of nitrogens with one attached hydrogen (secondary N) is 1. The lowest BCUT2D eigenvalue weighted by Gasteiger charge is -2.22. The van der Waals surface area contributed by atoms with Crippen LogP contribution in [-0.4, -0.2) is 31.0 Å². The molecule has 0 spiro atoms. The van der Waals surface area contributed by atoms with Gasteiger partial charge < -0.3 is 10.4 Å². The summed E-state index contributed by atoms with van der Waals surface area (Å²) < 4.78 is 1.99. The topological polar surface area (TPSA) is 75.9 Å². The summed E-state index contributed by atoms with van der Waals surface area (Å²) in [7, 11) is 0. The summed E-state index contributed by atoms with van der Waals surface area (Å²) in [6.07, 6.45) is 7.46. The number of rotatable bonds is 3. The minimum atomic E-state index is -0.193. The van der Waals surface area contributed by atoms with Crippen LogP contribution in [-0.2, 0) is 5.54 Å². The number of aromatic nitrogens is 4. The fourth-order valence-electron chi connectivity index (χ4n) is 2.92. The van der Waals surface area contributed by atoms with Crippen LogP contribution in [0.1, 0.15) is 51.6 Å². The van der Waals surface area contributed by atoms with Gasteiger partial charge in [0.05, 0.1) is 23.5 Å². The number of hydrogen-bond donors (Lipinski definition) is 2. The second-order valence-corrected chi connectivity index (χ2v) is 6.92. The molecule has 0 radical (unpaired) electrons. The first-order chi connectivity index (χ1) is 10.4. The molecule has 1 aliphatic rings. The molecule has 0 aromatic carbocycles. The molecule has 22 heavy (non-hydrogen) atoms. The molecule has 2 aromatic rings. The first-order valence-corrected chi connectivity index (χ1v) is 7.75. The van der Waals surface area contributed by atoms with Crippen LogP contribution in [0.25, 0.3) is 0 Å². The van der Waals surface area contributed by atoms with Crippen molar-refractivity contribution in [1.29, 1.82) is 0 Å². The largest absolute Gasteiger partial charge is 0.393 e. The van der Waals surface area contributed by atoms with Gasteiger partial charge in [0, 0.05) is 24.4 Å². The van der Waals surface area contributed by atoms with E-state index in [1.807, 2.05) is 4.68 Å².